The van der Waals surface area contributed by atoms with Crippen molar-refractivity contribution >= 4 is 11.5 Å². The van der Waals surface area contributed by atoms with Crippen LogP contribution in [0.1, 0.15) is 31.2 Å². The van der Waals surface area contributed by atoms with Gasteiger partial charge in [0.1, 0.15) is 5.92 Å². The summed E-state index contributed by atoms with van der Waals surface area (Å²) in [7, 11) is 0. The minimum atomic E-state index is -0.805. The number of carbonyl (C=O) groups is 1. The number of aliphatic carboxylic acids is 1. The number of carboxylic acid groups (broad SMARTS) is 1. The zero-order chi connectivity index (χ0) is 12.6. The second kappa shape index (κ2) is 4.20. The van der Waals surface area contributed by atoms with Crippen LogP contribution in [0.3, 0.4) is 0 Å². The molecule has 1 N–H and O–H groups in total. The summed E-state index contributed by atoms with van der Waals surface area (Å²) >= 11 is 0. The molecule has 0 aliphatic rings. The largest absolute Gasteiger partial charge is 0.481 e. The van der Waals surface area contributed by atoms with Crippen molar-refractivity contribution in [3.8, 4) is 0 Å². The molecule has 0 saturated heterocycles. The van der Waals surface area contributed by atoms with Gasteiger partial charge in [0.15, 0.2) is 0 Å². The molecule has 0 aliphatic heterocycles. The fourth-order valence-corrected chi connectivity index (χ4v) is 2.15. The Labute approximate surface area is 99.9 Å². The van der Waals surface area contributed by atoms with Gasteiger partial charge >= 0.3 is 5.97 Å². The van der Waals surface area contributed by atoms with E-state index in [9.17, 15) is 9.90 Å². The molecule has 0 fully saturated rings. The van der Waals surface area contributed by atoms with Gasteiger partial charge in [0.05, 0.1) is 16.9 Å². The molecule has 0 bridgehead atoms. The number of aryl methyl sites for hydroxylation is 1. The van der Waals surface area contributed by atoms with Crippen molar-refractivity contribution in [1.82, 2.24) is 9.61 Å². The normalized spacial score (nSPS) is 13.2. The van der Waals surface area contributed by atoms with Crippen molar-refractivity contribution in [2.24, 2.45) is 5.92 Å². The number of carboxylic acids is 1. The Balaban J connectivity index is 2.64. The number of fused-ring (bicyclic) bond motifs is 1. The third-order valence-electron chi connectivity index (χ3n) is 2.89. The molecule has 90 valence electrons. The van der Waals surface area contributed by atoms with Crippen LogP contribution in [-0.4, -0.2) is 20.7 Å². The van der Waals surface area contributed by atoms with Gasteiger partial charge in [-0.15, -0.1) is 0 Å². The van der Waals surface area contributed by atoms with Crippen molar-refractivity contribution in [2.75, 3.05) is 0 Å². The maximum absolute atomic E-state index is 11.4. The first-order valence-electron chi connectivity index (χ1n) is 5.69. The van der Waals surface area contributed by atoms with Gasteiger partial charge in [-0.2, -0.15) is 5.10 Å². The Morgan fingerprint density at radius 2 is 2.12 bits per heavy atom. The van der Waals surface area contributed by atoms with Gasteiger partial charge in [-0.3, -0.25) is 4.79 Å². The van der Waals surface area contributed by atoms with Gasteiger partial charge in [0, 0.05) is 0 Å². The van der Waals surface area contributed by atoms with E-state index in [1.54, 1.807) is 4.52 Å². The average Bonchev–Trinajstić information content (AvgIpc) is 2.58. The summed E-state index contributed by atoms with van der Waals surface area (Å²) in [6, 6.07) is 7.59. The zero-order valence-corrected chi connectivity index (χ0v) is 10.2. The Kier molecular flexibility index (Phi) is 2.88. The molecule has 0 aromatic carbocycles. The Hall–Kier alpha value is -1.84. The van der Waals surface area contributed by atoms with Crippen LogP contribution < -0.4 is 0 Å². The van der Waals surface area contributed by atoms with E-state index in [-0.39, 0.29) is 5.92 Å². The second-order valence-electron chi connectivity index (χ2n) is 4.63. The monoisotopic (exact) mass is 232 g/mol. The van der Waals surface area contributed by atoms with Gasteiger partial charge < -0.3 is 5.11 Å². The molecule has 4 heteroatoms. The van der Waals surface area contributed by atoms with E-state index in [2.05, 4.69) is 5.10 Å². The fraction of sp³-hybridized carbons (Fsp3) is 0.385. The summed E-state index contributed by atoms with van der Waals surface area (Å²) < 4.78 is 1.73. The highest BCUT2D eigenvalue weighted by Crippen LogP contribution is 2.25. The van der Waals surface area contributed by atoms with E-state index < -0.39 is 11.9 Å². The second-order valence-corrected chi connectivity index (χ2v) is 4.63. The highest BCUT2D eigenvalue weighted by molar-refractivity contribution is 5.76. The van der Waals surface area contributed by atoms with Crippen LogP contribution in [0, 0.1) is 12.8 Å². The number of nitrogens with zero attached hydrogens (tertiary/aromatic N) is 2. The van der Waals surface area contributed by atoms with Crippen LogP contribution >= 0.6 is 0 Å². The van der Waals surface area contributed by atoms with Crippen molar-refractivity contribution in [3.05, 3.63) is 35.7 Å². The zero-order valence-electron chi connectivity index (χ0n) is 10.2. The van der Waals surface area contributed by atoms with Gasteiger partial charge in [0.2, 0.25) is 0 Å². The minimum Gasteiger partial charge on any atom is -0.481 e. The predicted molar refractivity (Wildman–Crippen MR) is 65.1 cm³/mol. The van der Waals surface area contributed by atoms with Crippen LogP contribution in [0.2, 0.25) is 0 Å². The lowest BCUT2D eigenvalue weighted by atomic mass is 9.92. The predicted octanol–water partition coefficient (Wildman–Crippen LogP) is 2.47. The third-order valence-corrected chi connectivity index (χ3v) is 2.89. The average molecular weight is 232 g/mol. The molecule has 0 radical (unpaired) electrons. The standard InChI is InChI=1S/C13H16N2O2/c1-8(2)12(13(16)17)11-6-4-5-10-7-9(3)14-15(10)11/h4-8,12H,1-3H3,(H,16,17). The number of hydrogen-bond acceptors (Lipinski definition) is 2. The van der Waals surface area contributed by atoms with Crippen molar-refractivity contribution in [2.45, 2.75) is 26.7 Å². The van der Waals surface area contributed by atoms with Gasteiger partial charge in [-0.25, -0.2) is 4.52 Å². The molecule has 1 atom stereocenters. The van der Waals surface area contributed by atoms with E-state index in [4.69, 9.17) is 0 Å². The number of hydrogen-bond donors (Lipinski definition) is 1. The minimum absolute atomic E-state index is 0.0302. The lowest BCUT2D eigenvalue weighted by molar-refractivity contribution is -0.140. The smallest absolute Gasteiger partial charge is 0.312 e. The van der Waals surface area contributed by atoms with Gasteiger partial charge in [0.25, 0.3) is 0 Å². The molecule has 2 aromatic heterocycles. The number of pyridine rings is 1. The maximum Gasteiger partial charge on any atom is 0.312 e. The molecular formula is C13H16N2O2. The lowest BCUT2D eigenvalue weighted by Crippen LogP contribution is -2.20. The fourth-order valence-electron chi connectivity index (χ4n) is 2.15. The Morgan fingerprint density at radius 1 is 1.41 bits per heavy atom. The molecule has 2 heterocycles. The summed E-state index contributed by atoms with van der Waals surface area (Å²) in [5.74, 6) is -1.30. The van der Waals surface area contributed by atoms with Crippen molar-refractivity contribution in [3.63, 3.8) is 0 Å². The molecule has 2 aromatic rings. The first-order chi connectivity index (χ1) is 8.00. The summed E-state index contributed by atoms with van der Waals surface area (Å²) in [5, 5.41) is 13.7. The summed E-state index contributed by atoms with van der Waals surface area (Å²) in [4.78, 5) is 11.4. The Bertz CT molecular complexity index is 558. The van der Waals surface area contributed by atoms with E-state index in [0.717, 1.165) is 16.9 Å². The maximum atomic E-state index is 11.4. The van der Waals surface area contributed by atoms with E-state index in [1.807, 2.05) is 45.0 Å². The van der Waals surface area contributed by atoms with Crippen molar-refractivity contribution in [1.29, 1.82) is 0 Å². The lowest BCUT2D eigenvalue weighted by Gasteiger charge is -2.17. The molecule has 0 spiro atoms. The molecule has 4 nitrogen and oxygen atoms in total. The summed E-state index contributed by atoms with van der Waals surface area (Å²) in [5.41, 5.74) is 2.57. The molecule has 2 rings (SSSR count). The van der Waals surface area contributed by atoms with Crippen LogP contribution in [0.4, 0.5) is 0 Å². The van der Waals surface area contributed by atoms with E-state index in [1.165, 1.54) is 0 Å². The summed E-state index contributed by atoms with van der Waals surface area (Å²) in [6.45, 7) is 5.73. The topological polar surface area (TPSA) is 54.6 Å². The molecule has 1 unspecified atom stereocenters. The molecule has 17 heavy (non-hydrogen) atoms. The SMILES string of the molecule is Cc1cc2cccc(C(C(=O)O)C(C)C)n2n1. The quantitative estimate of drug-likeness (QED) is 0.884. The molecule has 0 aliphatic carbocycles. The van der Waals surface area contributed by atoms with Crippen LogP contribution in [0.15, 0.2) is 24.3 Å². The number of aromatic nitrogens is 2. The van der Waals surface area contributed by atoms with Gasteiger partial charge in [-0.1, -0.05) is 19.9 Å². The first kappa shape index (κ1) is 11.6. The molecule has 0 amide bonds. The third kappa shape index (κ3) is 2.02. The van der Waals surface area contributed by atoms with Crippen LogP contribution in [-0.2, 0) is 4.79 Å². The molecule has 0 saturated carbocycles. The van der Waals surface area contributed by atoms with Crippen LogP contribution in [0.5, 0.6) is 0 Å². The van der Waals surface area contributed by atoms with E-state index >= 15 is 0 Å². The molecular weight excluding hydrogens is 216 g/mol. The summed E-state index contributed by atoms with van der Waals surface area (Å²) in [6.07, 6.45) is 0. The van der Waals surface area contributed by atoms with Crippen LogP contribution in [0.25, 0.3) is 5.52 Å². The number of rotatable bonds is 3. The highest BCUT2D eigenvalue weighted by Gasteiger charge is 2.26. The first-order valence-corrected chi connectivity index (χ1v) is 5.69. The Morgan fingerprint density at radius 3 is 2.71 bits per heavy atom. The van der Waals surface area contributed by atoms with Crippen molar-refractivity contribution < 1.29 is 9.90 Å². The highest BCUT2D eigenvalue weighted by atomic mass is 16.4. The van der Waals surface area contributed by atoms with E-state index in [0.29, 0.717) is 0 Å². The van der Waals surface area contributed by atoms with Gasteiger partial charge in [-0.05, 0) is 31.0 Å².